The molecule has 1 fully saturated rings. The molecule has 368 valence electrons. The second-order valence-electron chi connectivity index (χ2n) is 17.5. The van der Waals surface area contributed by atoms with Gasteiger partial charge in [0.25, 0.3) is 0 Å². The molecule has 1 rings (SSSR count). The van der Waals surface area contributed by atoms with E-state index in [-0.39, 0.29) is 6.42 Å². The SMILES string of the molecule is CCCCCCCC/C=C\CCCCCCCC(O)CC(=O)NC(COP(=O)(O)OC1C(O)C(O)C(O)C(O)C1O)C(O)/C=C/CC/C=C/CC/C=C/CCCCCCCCCC. The van der Waals surface area contributed by atoms with Gasteiger partial charge in [0.15, 0.2) is 0 Å². The van der Waals surface area contributed by atoms with Crippen LogP contribution in [0.2, 0.25) is 0 Å². The molecule has 0 spiro atoms. The van der Waals surface area contributed by atoms with E-state index in [4.69, 9.17) is 9.05 Å². The zero-order chi connectivity index (χ0) is 46.6. The number of rotatable bonds is 40. The van der Waals surface area contributed by atoms with Crippen molar-refractivity contribution in [2.75, 3.05) is 6.61 Å². The molecule has 63 heavy (non-hydrogen) atoms. The van der Waals surface area contributed by atoms with E-state index in [0.717, 1.165) is 64.2 Å². The van der Waals surface area contributed by atoms with Gasteiger partial charge in [-0.2, -0.15) is 0 Å². The van der Waals surface area contributed by atoms with Crippen LogP contribution < -0.4 is 5.32 Å². The van der Waals surface area contributed by atoms with Gasteiger partial charge in [0.05, 0.1) is 31.3 Å². The summed E-state index contributed by atoms with van der Waals surface area (Å²) in [5, 5.41) is 74.5. The first-order valence-electron chi connectivity index (χ1n) is 24.7. The van der Waals surface area contributed by atoms with Crippen LogP contribution in [0.25, 0.3) is 0 Å². The lowest BCUT2D eigenvalue weighted by Gasteiger charge is -2.41. The highest BCUT2D eigenvalue weighted by molar-refractivity contribution is 7.47. The summed E-state index contributed by atoms with van der Waals surface area (Å²) in [6, 6.07) is -1.27. The average Bonchev–Trinajstić information content (AvgIpc) is 3.26. The van der Waals surface area contributed by atoms with Crippen molar-refractivity contribution in [2.45, 2.75) is 249 Å². The number of carbonyl (C=O) groups excluding carboxylic acids is 1. The van der Waals surface area contributed by atoms with Crippen LogP contribution in [0.15, 0.2) is 48.6 Å². The van der Waals surface area contributed by atoms with Crippen molar-refractivity contribution in [3.05, 3.63) is 48.6 Å². The predicted octanol–water partition coefficient (Wildman–Crippen LogP) is 8.70. The van der Waals surface area contributed by atoms with Crippen molar-refractivity contribution < 1.29 is 59.0 Å². The standard InChI is InChI=1S/C49H90NO12P/c1-3-5-7-9-11-13-15-17-19-20-21-23-25-27-29-31-33-35-37-42(52)41(39-61-63(59,60)62-49-47(57)45(55)44(54)46(56)48(49)58)50-43(53)38-40(51)36-34-32-30-28-26-24-22-18-16-14-12-10-8-6-4-2/h18,20-22,27,29,35,37,40-42,44-49,51-52,54-58H,3-17,19,23-26,28,30-34,36,38-39H2,1-2H3,(H,50,53)(H,59,60)/b21-20+,22-18-,29-27+,37-35+. The van der Waals surface area contributed by atoms with E-state index in [9.17, 15) is 50.0 Å². The summed E-state index contributed by atoms with van der Waals surface area (Å²) in [6.45, 7) is 3.72. The van der Waals surface area contributed by atoms with Crippen LogP contribution in [-0.4, -0.2) is 108 Å². The van der Waals surface area contributed by atoms with Crippen molar-refractivity contribution in [3.63, 3.8) is 0 Å². The Hall–Kier alpha value is -1.74. The number of phosphoric ester groups is 1. The van der Waals surface area contributed by atoms with Crippen LogP contribution in [0.4, 0.5) is 0 Å². The van der Waals surface area contributed by atoms with E-state index in [1.54, 1.807) is 6.08 Å². The number of nitrogens with one attached hydrogen (secondary N) is 1. The molecule has 9 N–H and O–H groups in total. The number of allylic oxidation sites excluding steroid dienone is 7. The minimum Gasteiger partial charge on any atom is -0.393 e. The molecular weight excluding hydrogens is 826 g/mol. The Morgan fingerprint density at radius 3 is 1.40 bits per heavy atom. The van der Waals surface area contributed by atoms with E-state index < -0.39 is 75.2 Å². The van der Waals surface area contributed by atoms with E-state index >= 15 is 0 Å². The van der Waals surface area contributed by atoms with Gasteiger partial charge in [0, 0.05) is 0 Å². The molecule has 1 amide bonds. The first kappa shape index (κ1) is 59.3. The minimum absolute atomic E-state index is 0.263. The highest BCUT2D eigenvalue weighted by Gasteiger charge is 2.51. The number of hydrogen-bond acceptors (Lipinski definition) is 11. The lowest BCUT2D eigenvalue weighted by molar-refractivity contribution is -0.220. The minimum atomic E-state index is -5.16. The summed E-state index contributed by atoms with van der Waals surface area (Å²) < 4.78 is 22.9. The second-order valence-corrected chi connectivity index (χ2v) is 18.9. The highest BCUT2D eigenvalue weighted by atomic mass is 31.2. The molecule has 0 radical (unpaired) electrons. The topological polar surface area (TPSA) is 226 Å². The summed E-state index contributed by atoms with van der Waals surface area (Å²) in [5.74, 6) is -0.613. The van der Waals surface area contributed by atoms with Crippen LogP contribution in [0.1, 0.15) is 194 Å². The van der Waals surface area contributed by atoms with Crippen LogP contribution in [0, 0.1) is 0 Å². The van der Waals surface area contributed by atoms with Gasteiger partial charge in [0.2, 0.25) is 5.91 Å². The molecule has 0 bridgehead atoms. The maximum Gasteiger partial charge on any atom is 0.472 e. The fourth-order valence-corrected chi connectivity index (χ4v) is 8.53. The quantitative estimate of drug-likeness (QED) is 0.0160. The number of amides is 1. The first-order chi connectivity index (χ1) is 30.3. The smallest absolute Gasteiger partial charge is 0.393 e. The monoisotopic (exact) mass is 916 g/mol. The molecule has 8 unspecified atom stereocenters. The van der Waals surface area contributed by atoms with Crippen molar-refractivity contribution in [2.24, 2.45) is 0 Å². The maximum atomic E-state index is 13.0. The third kappa shape index (κ3) is 30.2. The number of carbonyl (C=O) groups is 1. The predicted molar refractivity (Wildman–Crippen MR) is 252 cm³/mol. The molecule has 0 aromatic heterocycles. The first-order valence-corrected chi connectivity index (χ1v) is 26.2. The lowest BCUT2D eigenvalue weighted by Crippen LogP contribution is -2.64. The number of aliphatic hydroxyl groups excluding tert-OH is 7. The van der Waals surface area contributed by atoms with E-state index in [0.29, 0.717) is 19.3 Å². The molecule has 14 heteroatoms. The summed E-state index contributed by atoms with van der Waals surface area (Å²) in [5.41, 5.74) is 0. The van der Waals surface area contributed by atoms with E-state index in [1.807, 2.05) is 0 Å². The summed E-state index contributed by atoms with van der Waals surface area (Å²) in [4.78, 5) is 23.5. The van der Waals surface area contributed by atoms with Crippen LogP contribution in [0.3, 0.4) is 0 Å². The molecule has 1 aliphatic carbocycles. The summed E-state index contributed by atoms with van der Waals surface area (Å²) >= 11 is 0. The maximum absolute atomic E-state index is 13.0. The van der Waals surface area contributed by atoms with Gasteiger partial charge in [-0.1, -0.05) is 165 Å². The van der Waals surface area contributed by atoms with Gasteiger partial charge in [-0.15, -0.1) is 0 Å². The molecule has 13 nitrogen and oxygen atoms in total. The Morgan fingerprint density at radius 2 is 0.937 bits per heavy atom. The number of unbranched alkanes of at least 4 members (excludes halogenated alkanes) is 21. The molecule has 0 aromatic rings. The summed E-state index contributed by atoms with van der Waals surface area (Å²) in [6.07, 6.45) is 31.9. The normalized spacial score (nSPS) is 23.3. The Kier molecular flexibility index (Phi) is 36.1. The van der Waals surface area contributed by atoms with Crippen LogP contribution in [0.5, 0.6) is 0 Å². The van der Waals surface area contributed by atoms with Gasteiger partial charge in [0.1, 0.15) is 36.6 Å². The molecule has 0 heterocycles. The molecule has 0 saturated heterocycles. The molecular formula is C49H90NO12P. The third-order valence-electron chi connectivity index (χ3n) is 11.6. The average molecular weight is 916 g/mol. The molecule has 1 aliphatic rings. The number of aliphatic hydroxyl groups is 7. The summed E-state index contributed by atoms with van der Waals surface area (Å²) in [7, 11) is -5.16. The molecule has 0 aromatic carbocycles. The van der Waals surface area contributed by atoms with Gasteiger partial charge in [-0.05, 0) is 70.6 Å². The zero-order valence-electron chi connectivity index (χ0n) is 39.0. The van der Waals surface area contributed by atoms with Gasteiger partial charge in [-0.3, -0.25) is 13.8 Å². The Morgan fingerprint density at radius 1 is 0.556 bits per heavy atom. The lowest BCUT2D eigenvalue weighted by atomic mass is 9.85. The van der Waals surface area contributed by atoms with E-state index in [2.05, 4.69) is 55.6 Å². The van der Waals surface area contributed by atoms with Crippen molar-refractivity contribution in [3.8, 4) is 0 Å². The van der Waals surface area contributed by atoms with Gasteiger partial charge >= 0.3 is 7.82 Å². The Bertz CT molecular complexity index is 1260. The molecule has 1 saturated carbocycles. The van der Waals surface area contributed by atoms with Crippen molar-refractivity contribution in [1.29, 1.82) is 0 Å². The highest BCUT2D eigenvalue weighted by Crippen LogP contribution is 2.47. The third-order valence-corrected chi connectivity index (χ3v) is 12.6. The zero-order valence-corrected chi connectivity index (χ0v) is 39.9. The Labute approximate surface area is 380 Å². The largest absolute Gasteiger partial charge is 0.472 e. The second kappa shape index (κ2) is 38.4. The number of phosphoric acid groups is 1. The molecule has 0 aliphatic heterocycles. The van der Waals surface area contributed by atoms with Crippen molar-refractivity contribution >= 4 is 13.7 Å². The van der Waals surface area contributed by atoms with Crippen molar-refractivity contribution in [1.82, 2.24) is 5.32 Å². The van der Waals surface area contributed by atoms with E-state index in [1.165, 1.54) is 96.0 Å². The number of hydrogen-bond donors (Lipinski definition) is 9. The van der Waals surface area contributed by atoms with Crippen LogP contribution >= 0.6 is 7.82 Å². The fourth-order valence-electron chi connectivity index (χ4n) is 7.56. The van der Waals surface area contributed by atoms with Gasteiger partial charge in [-0.25, -0.2) is 4.57 Å². The van der Waals surface area contributed by atoms with Crippen LogP contribution in [-0.2, 0) is 18.4 Å². The van der Waals surface area contributed by atoms with Gasteiger partial charge < -0.3 is 46.0 Å². The fraction of sp³-hybridized carbons (Fsp3) is 0.816. The molecule has 8 atom stereocenters. The Balaban J connectivity index is 2.57.